The number of morpholine rings is 1. The zero-order valence-corrected chi connectivity index (χ0v) is 18.0. The molecule has 1 aliphatic rings. The Balaban J connectivity index is 1.75. The molecule has 0 radical (unpaired) electrons. The highest BCUT2D eigenvalue weighted by Gasteiger charge is 2.32. The molecule has 1 fully saturated rings. The zero-order chi connectivity index (χ0) is 20.3. The largest absolute Gasteiger partial charge is 0.373 e. The summed E-state index contributed by atoms with van der Waals surface area (Å²) in [6.45, 7) is 7.47. The quantitative estimate of drug-likeness (QED) is 0.717. The highest BCUT2D eigenvalue weighted by Crippen LogP contribution is 2.22. The van der Waals surface area contributed by atoms with Crippen LogP contribution in [0.15, 0.2) is 46.7 Å². The van der Waals surface area contributed by atoms with Crippen LogP contribution >= 0.6 is 11.3 Å². The van der Waals surface area contributed by atoms with Crippen molar-refractivity contribution in [2.45, 2.75) is 44.4 Å². The average molecular weight is 423 g/mol. The van der Waals surface area contributed by atoms with Crippen molar-refractivity contribution >= 4 is 27.3 Å². The van der Waals surface area contributed by atoms with Gasteiger partial charge in [-0.2, -0.15) is 4.31 Å². The Hall–Kier alpha value is -1.74. The minimum Gasteiger partial charge on any atom is -0.373 e. The number of nitrogens with zero attached hydrogens (tertiary/aromatic N) is 2. The van der Waals surface area contributed by atoms with E-state index < -0.39 is 10.0 Å². The summed E-state index contributed by atoms with van der Waals surface area (Å²) < 4.78 is 33.0. The molecule has 0 spiro atoms. The average Bonchev–Trinajstić information content (AvgIpc) is 3.18. The van der Waals surface area contributed by atoms with Crippen molar-refractivity contribution in [1.82, 2.24) is 9.21 Å². The van der Waals surface area contributed by atoms with Crippen molar-refractivity contribution in [2.24, 2.45) is 0 Å². The van der Waals surface area contributed by atoms with Crippen molar-refractivity contribution in [3.63, 3.8) is 0 Å². The van der Waals surface area contributed by atoms with Gasteiger partial charge in [0.05, 0.1) is 23.6 Å². The fourth-order valence-electron chi connectivity index (χ4n) is 3.35. The third kappa shape index (κ3) is 4.63. The Morgan fingerprint density at radius 2 is 1.82 bits per heavy atom. The van der Waals surface area contributed by atoms with E-state index in [2.05, 4.69) is 0 Å². The van der Waals surface area contributed by atoms with E-state index in [4.69, 9.17) is 4.74 Å². The Morgan fingerprint density at radius 3 is 2.36 bits per heavy atom. The van der Waals surface area contributed by atoms with Gasteiger partial charge in [-0.25, -0.2) is 8.42 Å². The fourth-order valence-corrected chi connectivity index (χ4v) is 5.66. The van der Waals surface area contributed by atoms with Crippen LogP contribution in [0.3, 0.4) is 0 Å². The van der Waals surface area contributed by atoms with E-state index in [-0.39, 0.29) is 23.0 Å². The molecule has 0 N–H and O–H groups in total. The van der Waals surface area contributed by atoms with Gasteiger partial charge in [-0.3, -0.25) is 4.79 Å². The summed E-state index contributed by atoms with van der Waals surface area (Å²) in [4.78, 5) is 15.9. The van der Waals surface area contributed by atoms with Crippen molar-refractivity contribution < 1.29 is 17.9 Å². The highest BCUT2D eigenvalue weighted by molar-refractivity contribution is 7.89. The van der Waals surface area contributed by atoms with Gasteiger partial charge < -0.3 is 9.64 Å². The fraction of sp³-hybridized carbons (Fsp3) is 0.450. The normalized spacial score (nSPS) is 20.8. The number of carbonyl (C=O) groups is 1. The molecule has 1 aromatic carbocycles. The predicted molar refractivity (Wildman–Crippen MR) is 110 cm³/mol. The first kappa shape index (κ1) is 21.0. The molecule has 1 saturated heterocycles. The molecule has 6 nitrogen and oxygen atoms in total. The highest BCUT2D eigenvalue weighted by atomic mass is 32.2. The number of hydrogen-bond donors (Lipinski definition) is 0. The lowest BCUT2D eigenvalue weighted by Gasteiger charge is -2.34. The smallest absolute Gasteiger partial charge is 0.254 e. The SMILES string of the molecule is CCN(Cc1cccs1)C(=O)c1ccc(S(=O)(=O)N2C[C@@H](C)O[C@@H](C)C2)cc1. The lowest BCUT2D eigenvalue weighted by molar-refractivity contribution is -0.0440. The summed E-state index contributed by atoms with van der Waals surface area (Å²) in [5.74, 6) is -0.103. The summed E-state index contributed by atoms with van der Waals surface area (Å²) in [7, 11) is -3.61. The maximum absolute atomic E-state index is 12.9. The van der Waals surface area contributed by atoms with Gasteiger partial charge in [-0.1, -0.05) is 6.07 Å². The topological polar surface area (TPSA) is 66.9 Å². The number of amides is 1. The third-order valence-corrected chi connectivity index (χ3v) is 7.43. The molecule has 0 bridgehead atoms. The van der Waals surface area contributed by atoms with Crippen LogP contribution in [0.5, 0.6) is 0 Å². The van der Waals surface area contributed by atoms with E-state index in [0.717, 1.165) is 4.88 Å². The van der Waals surface area contributed by atoms with Gasteiger partial charge >= 0.3 is 0 Å². The number of carbonyl (C=O) groups excluding carboxylic acids is 1. The minimum atomic E-state index is -3.61. The van der Waals surface area contributed by atoms with E-state index in [1.54, 1.807) is 28.4 Å². The number of rotatable bonds is 6. The minimum absolute atomic E-state index is 0.103. The summed E-state index contributed by atoms with van der Waals surface area (Å²) in [5.41, 5.74) is 0.487. The van der Waals surface area contributed by atoms with Gasteiger partial charge in [0.1, 0.15) is 0 Å². The molecule has 8 heteroatoms. The molecular weight excluding hydrogens is 396 g/mol. The Labute approximate surface area is 170 Å². The zero-order valence-electron chi connectivity index (χ0n) is 16.4. The Bertz CT molecular complexity index is 885. The molecule has 152 valence electrons. The molecular formula is C20H26N2O4S2. The standard InChI is InChI=1S/C20H26N2O4S2/c1-4-21(14-18-6-5-11-27-18)20(23)17-7-9-19(10-8-17)28(24,25)22-12-15(2)26-16(3)13-22/h5-11,15-16H,4,12-14H2,1-3H3/t15-,16+. The van der Waals surface area contributed by atoms with E-state index in [9.17, 15) is 13.2 Å². The van der Waals surface area contributed by atoms with E-state index in [1.165, 1.54) is 16.4 Å². The maximum atomic E-state index is 12.9. The molecule has 0 aliphatic carbocycles. The van der Waals surface area contributed by atoms with Crippen molar-refractivity contribution in [1.29, 1.82) is 0 Å². The second kappa shape index (κ2) is 8.73. The van der Waals surface area contributed by atoms with Crippen molar-refractivity contribution in [3.05, 3.63) is 52.2 Å². The van der Waals surface area contributed by atoms with Gasteiger partial charge in [-0.05, 0) is 56.5 Å². The van der Waals surface area contributed by atoms with Crippen LogP contribution in [0.4, 0.5) is 0 Å². The molecule has 1 aromatic heterocycles. The molecule has 0 saturated carbocycles. The summed E-state index contributed by atoms with van der Waals surface area (Å²) in [6, 6.07) is 10.2. The maximum Gasteiger partial charge on any atom is 0.254 e. The Morgan fingerprint density at radius 1 is 1.18 bits per heavy atom. The molecule has 2 aromatic rings. The summed E-state index contributed by atoms with van der Waals surface area (Å²) in [6.07, 6.45) is -0.288. The molecule has 1 aliphatic heterocycles. The van der Waals surface area contributed by atoms with E-state index in [1.807, 2.05) is 38.3 Å². The van der Waals surface area contributed by atoms with Gasteiger partial charge in [0.15, 0.2) is 0 Å². The number of sulfonamides is 1. The Kier molecular flexibility index (Phi) is 6.54. The second-order valence-corrected chi connectivity index (χ2v) is 9.97. The van der Waals surface area contributed by atoms with E-state index >= 15 is 0 Å². The van der Waals surface area contributed by atoms with E-state index in [0.29, 0.717) is 31.7 Å². The number of hydrogen-bond acceptors (Lipinski definition) is 5. The molecule has 2 heterocycles. The van der Waals surface area contributed by atoms with Crippen LogP contribution in [-0.4, -0.2) is 55.4 Å². The lowest BCUT2D eigenvalue weighted by atomic mass is 10.2. The summed E-state index contributed by atoms with van der Waals surface area (Å²) >= 11 is 1.61. The molecule has 2 atom stereocenters. The van der Waals surface area contributed by atoms with Crippen molar-refractivity contribution in [3.8, 4) is 0 Å². The van der Waals surface area contributed by atoms with Gasteiger partial charge in [-0.15, -0.1) is 11.3 Å². The van der Waals surface area contributed by atoms with Gasteiger partial charge in [0.25, 0.3) is 5.91 Å². The van der Waals surface area contributed by atoms with Crippen LogP contribution in [0.25, 0.3) is 0 Å². The second-order valence-electron chi connectivity index (χ2n) is 7.00. The predicted octanol–water partition coefficient (Wildman–Crippen LogP) is 3.21. The third-order valence-electron chi connectivity index (χ3n) is 4.72. The molecule has 0 unspecified atom stereocenters. The van der Waals surface area contributed by atoms with Crippen LogP contribution in [-0.2, 0) is 21.3 Å². The number of benzene rings is 1. The first-order valence-electron chi connectivity index (χ1n) is 9.38. The number of ether oxygens (including phenoxy) is 1. The van der Waals surface area contributed by atoms with Crippen molar-refractivity contribution in [2.75, 3.05) is 19.6 Å². The number of thiophene rings is 1. The van der Waals surface area contributed by atoms with Crippen LogP contribution in [0.1, 0.15) is 36.0 Å². The summed E-state index contributed by atoms with van der Waals surface area (Å²) in [5, 5.41) is 1.99. The monoisotopic (exact) mass is 422 g/mol. The van der Waals surface area contributed by atoms with Gasteiger partial charge in [0, 0.05) is 30.1 Å². The molecule has 3 rings (SSSR count). The lowest BCUT2D eigenvalue weighted by Crippen LogP contribution is -2.48. The van der Waals surface area contributed by atoms with Crippen LogP contribution in [0, 0.1) is 0 Å². The first-order chi connectivity index (χ1) is 13.3. The first-order valence-corrected chi connectivity index (χ1v) is 11.7. The van der Waals surface area contributed by atoms with Gasteiger partial charge in [0.2, 0.25) is 10.0 Å². The van der Waals surface area contributed by atoms with Crippen LogP contribution in [0.2, 0.25) is 0 Å². The van der Waals surface area contributed by atoms with Crippen LogP contribution < -0.4 is 0 Å². The molecule has 1 amide bonds. The molecule has 28 heavy (non-hydrogen) atoms.